The molecule has 6 heteroatoms. The van der Waals surface area contributed by atoms with E-state index in [1.54, 1.807) is 0 Å². The number of benzene rings is 4. The molecule has 1 aliphatic heterocycles. The Labute approximate surface area is 229 Å². The summed E-state index contributed by atoms with van der Waals surface area (Å²) in [4.78, 5) is 28.1. The predicted octanol–water partition coefficient (Wildman–Crippen LogP) is 6.40. The first-order valence-corrected chi connectivity index (χ1v) is 13.4. The Kier molecular flexibility index (Phi) is 8.34. The van der Waals surface area contributed by atoms with Crippen LogP contribution >= 0.6 is 0 Å². The van der Waals surface area contributed by atoms with Crippen LogP contribution in [0.25, 0.3) is 11.1 Å². The molecule has 0 spiro atoms. The fourth-order valence-corrected chi connectivity index (χ4v) is 5.13. The molecule has 0 bridgehead atoms. The summed E-state index contributed by atoms with van der Waals surface area (Å²) in [5.74, 6) is -0.356. The first-order valence-electron chi connectivity index (χ1n) is 13.4. The molecule has 5 rings (SSSR count). The zero-order valence-electron chi connectivity index (χ0n) is 22.0. The minimum absolute atomic E-state index is 0.146. The lowest BCUT2D eigenvalue weighted by Crippen LogP contribution is -2.35. The van der Waals surface area contributed by atoms with Gasteiger partial charge >= 0.3 is 5.97 Å². The van der Waals surface area contributed by atoms with Crippen molar-refractivity contribution in [3.8, 4) is 11.1 Å². The molecule has 0 aromatic heterocycles. The van der Waals surface area contributed by atoms with E-state index in [-0.39, 0.29) is 17.9 Å². The highest BCUT2D eigenvalue weighted by molar-refractivity contribution is 6.08. The van der Waals surface area contributed by atoms with Gasteiger partial charge in [0, 0.05) is 36.1 Å². The van der Waals surface area contributed by atoms with Crippen LogP contribution < -0.4 is 10.6 Å². The average Bonchev–Trinajstić information content (AvgIpc) is 3.43. The quantitative estimate of drug-likeness (QED) is 0.251. The van der Waals surface area contributed by atoms with Crippen LogP contribution in [0.15, 0.2) is 109 Å². The maximum Gasteiger partial charge on any atom is 0.328 e. The predicted molar refractivity (Wildman–Crippen MR) is 156 cm³/mol. The van der Waals surface area contributed by atoms with Crippen LogP contribution in [-0.2, 0) is 9.53 Å². The van der Waals surface area contributed by atoms with Gasteiger partial charge in [-0.05, 0) is 60.4 Å². The van der Waals surface area contributed by atoms with Crippen LogP contribution in [0.3, 0.4) is 0 Å². The summed E-state index contributed by atoms with van der Waals surface area (Å²) in [5.41, 5.74) is 5.18. The van der Waals surface area contributed by atoms with Crippen molar-refractivity contribution in [1.29, 1.82) is 0 Å². The summed E-state index contributed by atoms with van der Waals surface area (Å²) in [6, 6.07) is 34.9. The van der Waals surface area contributed by atoms with Crippen LogP contribution in [0.2, 0.25) is 0 Å². The monoisotopic (exact) mass is 519 g/mol. The molecule has 2 N–H and O–H groups in total. The Hall–Kier alpha value is -4.42. The lowest BCUT2D eigenvalue weighted by atomic mass is 9.99. The second kappa shape index (κ2) is 12.4. The molecule has 198 valence electrons. The number of hydrogen-bond donors (Lipinski definition) is 2. The summed E-state index contributed by atoms with van der Waals surface area (Å²) in [6.45, 7) is 3.72. The summed E-state index contributed by atoms with van der Waals surface area (Å²) >= 11 is 0. The van der Waals surface area contributed by atoms with Crippen molar-refractivity contribution in [2.24, 2.45) is 0 Å². The smallest absolute Gasteiger partial charge is 0.328 e. The van der Waals surface area contributed by atoms with Crippen molar-refractivity contribution < 1.29 is 14.3 Å². The Balaban J connectivity index is 1.21. The van der Waals surface area contributed by atoms with Gasteiger partial charge in [-0.1, -0.05) is 78.9 Å². The second-order valence-corrected chi connectivity index (χ2v) is 9.63. The largest absolute Gasteiger partial charge is 0.465 e. The Morgan fingerprint density at radius 3 is 2.21 bits per heavy atom. The van der Waals surface area contributed by atoms with E-state index in [1.165, 1.54) is 0 Å². The third-order valence-electron chi connectivity index (χ3n) is 6.98. The number of carbonyl (C=O) groups is 2. The van der Waals surface area contributed by atoms with Crippen molar-refractivity contribution in [3.63, 3.8) is 0 Å². The molecule has 0 radical (unpaired) electrons. The topological polar surface area (TPSA) is 70.7 Å². The van der Waals surface area contributed by atoms with E-state index in [0.717, 1.165) is 47.6 Å². The zero-order chi connectivity index (χ0) is 27.0. The van der Waals surface area contributed by atoms with Crippen LogP contribution in [-0.4, -0.2) is 42.5 Å². The van der Waals surface area contributed by atoms with Gasteiger partial charge in [-0.3, -0.25) is 9.69 Å². The molecular weight excluding hydrogens is 486 g/mol. The van der Waals surface area contributed by atoms with Gasteiger partial charge in [0.15, 0.2) is 0 Å². The molecule has 2 unspecified atom stereocenters. The van der Waals surface area contributed by atoms with Gasteiger partial charge in [-0.15, -0.1) is 0 Å². The third kappa shape index (κ3) is 6.36. The number of hydrogen-bond acceptors (Lipinski definition) is 5. The Morgan fingerprint density at radius 2 is 1.49 bits per heavy atom. The average molecular weight is 520 g/mol. The van der Waals surface area contributed by atoms with E-state index in [2.05, 4.69) is 15.5 Å². The van der Waals surface area contributed by atoms with E-state index >= 15 is 0 Å². The van der Waals surface area contributed by atoms with Gasteiger partial charge in [0.1, 0.15) is 6.04 Å². The number of esters is 1. The molecule has 4 aromatic rings. The van der Waals surface area contributed by atoms with E-state index in [9.17, 15) is 9.59 Å². The van der Waals surface area contributed by atoms with Gasteiger partial charge in [0.05, 0.1) is 6.61 Å². The van der Waals surface area contributed by atoms with Gasteiger partial charge in [-0.2, -0.15) is 0 Å². The highest BCUT2D eigenvalue weighted by Gasteiger charge is 2.34. The maximum atomic E-state index is 13.1. The molecule has 1 heterocycles. The number of anilines is 2. The SMILES string of the molecule is CCOC(=O)C(c1ccccc1)N1CCC(Nc2ccc(NC(=O)c3ccccc3-c3ccccc3)cc2)C1. The molecule has 4 aromatic carbocycles. The first kappa shape index (κ1) is 26.2. The first-order chi connectivity index (χ1) is 19.1. The summed E-state index contributed by atoms with van der Waals surface area (Å²) in [7, 11) is 0. The molecule has 1 amide bonds. The van der Waals surface area contributed by atoms with E-state index < -0.39 is 6.04 Å². The van der Waals surface area contributed by atoms with Crippen LogP contribution in [0, 0.1) is 0 Å². The summed E-state index contributed by atoms with van der Waals surface area (Å²) < 4.78 is 5.40. The molecular formula is C33H33N3O3. The van der Waals surface area contributed by atoms with E-state index in [4.69, 9.17) is 4.74 Å². The molecule has 1 fully saturated rings. The standard InChI is InChI=1S/C33H33N3O3/c1-2-39-33(38)31(25-13-7-4-8-14-25)36-22-21-28(23-36)34-26-17-19-27(20-18-26)35-32(37)30-16-10-9-15-29(30)24-11-5-3-6-12-24/h3-20,28,31,34H,2,21-23H2,1H3,(H,35,37). The molecule has 0 aliphatic carbocycles. The van der Waals surface area contributed by atoms with Crippen LogP contribution in [0.1, 0.15) is 35.3 Å². The molecule has 1 saturated heterocycles. The van der Waals surface area contributed by atoms with Crippen molar-refractivity contribution in [1.82, 2.24) is 4.90 Å². The summed E-state index contributed by atoms with van der Waals surface area (Å²) in [6.07, 6.45) is 0.914. The third-order valence-corrected chi connectivity index (χ3v) is 6.98. The maximum absolute atomic E-state index is 13.1. The Morgan fingerprint density at radius 1 is 0.846 bits per heavy atom. The van der Waals surface area contributed by atoms with Crippen LogP contribution in [0.5, 0.6) is 0 Å². The molecule has 39 heavy (non-hydrogen) atoms. The van der Waals surface area contributed by atoms with Crippen molar-refractivity contribution >= 4 is 23.3 Å². The van der Waals surface area contributed by atoms with Gasteiger partial charge < -0.3 is 15.4 Å². The number of rotatable bonds is 9. The van der Waals surface area contributed by atoms with Crippen LogP contribution in [0.4, 0.5) is 11.4 Å². The number of likely N-dealkylation sites (tertiary alicyclic amines) is 1. The van der Waals surface area contributed by atoms with Crippen molar-refractivity contribution in [3.05, 3.63) is 120 Å². The minimum Gasteiger partial charge on any atom is -0.465 e. The van der Waals surface area contributed by atoms with Crippen molar-refractivity contribution in [2.45, 2.75) is 25.4 Å². The van der Waals surface area contributed by atoms with Gasteiger partial charge in [0.2, 0.25) is 0 Å². The Bertz CT molecular complexity index is 1390. The van der Waals surface area contributed by atoms with Crippen molar-refractivity contribution in [2.75, 3.05) is 30.3 Å². The lowest BCUT2D eigenvalue weighted by molar-refractivity contribution is -0.149. The zero-order valence-corrected chi connectivity index (χ0v) is 22.0. The van der Waals surface area contributed by atoms with E-state index in [1.807, 2.05) is 116 Å². The fraction of sp³-hybridized carbons (Fsp3) is 0.212. The summed E-state index contributed by atoms with van der Waals surface area (Å²) in [5, 5.41) is 6.61. The number of nitrogens with zero attached hydrogens (tertiary/aromatic N) is 1. The molecule has 2 atom stereocenters. The fourth-order valence-electron chi connectivity index (χ4n) is 5.13. The normalized spacial score (nSPS) is 15.9. The van der Waals surface area contributed by atoms with Gasteiger partial charge in [0.25, 0.3) is 5.91 Å². The minimum atomic E-state index is -0.408. The number of nitrogens with one attached hydrogen (secondary N) is 2. The second-order valence-electron chi connectivity index (χ2n) is 9.63. The van der Waals surface area contributed by atoms with E-state index in [0.29, 0.717) is 12.2 Å². The lowest BCUT2D eigenvalue weighted by Gasteiger charge is -2.26. The number of carbonyl (C=O) groups excluding carboxylic acids is 2. The number of ether oxygens (including phenoxy) is 1. The number of amides is 1. The molecule has 1 aliphatic rings. The molecule has 0 saturated carbocycles. The highest BCUT2D eigenvalue weighted by atomic mass is 16.5. The van der Waals surface area contributed by atoms with Gasteiger partial charge in [-0.25, -0.2) is 4.79 Å². The molecule has 6 nitrogen and oxygen atoms in total. The highest BCUT2D eigenvalue weighted by Crippen LogP contribution is 2.29.